The second kappa shape index (κ2) is 5.21. The maximum atomic E-state index is 10.7. The fourth-order valence-electron chi connectivity index (χ4n) is 2.58. The Morgan fingerprint density at radius 1 is 1.12 bits per heavy atom. The third-order valence-electron chi connectivity index (χ3n) is 3.55. The van der Waals surface area contributed by atoms with Crippen molar-refractivity contribution in [1.29, 1.82) is 0 Å². The van der Waals surface area contributed by atoms with Crippen molar-refractivity contribution in [3.05, 3.63) is 29.8 Å². The summed E-state index contributed by atoms with van der Waals surface area (Å²) in [6.07, 6.45) is 5.27. The Morgan fingerprint density at radius 3 is 2.29 bits per heavy atom. The molecule has 1 aromatic carbocycles. The normalized spacial score (nSPS) is 18.4. The number of benzene rings is 1. The van der Waals surface area contributed by atoms with Gasteiger partial charge in [-0.15, -0.1) is 0 Å². The first-order valence-electron chi connectivity index (χ1n) is 6.07. The van der Waals surface area contributed by atoms with Crippen LogP contribution in [-0.2, 0) is 15.1 Å². The molecule has 0 spiro atoms. The highest BCUT2D eigenvalue weighted by Gasteiger charge is 2.35. The van der Waals surface area contributed by atoms with Gasteiger partial charge in [-0.25, -0.2) is 0 Å². The molecular weight excluding hydrogens is 216 g/mol. The molecule has 3 heteroatoms. The predicted molar refractivity (Wildman–Crippen MR) is 64.9 cm³/mol. The van der Waals surface area contributed by atoms with E-state index in [0.29, 0.717) is 6.47 Å². The minimum absolute atomic E-state index is 0.410. The van der Waals surface area contributed by atoms with Crippen molar-refractivity contribution in [3.8, 4) is 5.75 Å². The van der Waals surface area contributed by atoms with E-state index in [0.717, 1.165) is 37.0 Å². The molecule has 0 atom stereocenters. The van der Waals surface area contributed by atoms with E-state index in [9.17, 15) is 4.79 Å². The lowest BCUT2D eigenvalue weighted by atomic mass is 9.79. The average Bonchev–Trinajstić information content (AvgIpc) is 2.40. The molecular formula is C14H18O3. The van der Waals surface area contributed by atoms with Crippen LogP contribution in [0.4, 0.5) is 0 Å². The molecule has 0 amide bonds. The predicted octanol–water partition coefficient (Wildman–Crippen LogP) is 3.03. The summed E-state index contributed by atoms with van der Waals surface area (Å²) in [5.74, 6) is 0.825. The van der Waals surface area contributed by atoms with Gasteiger partial charge in [0.05, 0.1) is 7.11 Å². The van der Waals surface area contributed by atoms with E-state index in [2.05, 4.69) is 0 Å². The number of carbonyl (C=O) groups excluding carboxylic acids is 1. The van der Waals surface area contributed by atoms with Crippen molar-refractivity contribution < 1.29 is 14.3 Å². The maximum Gasteiger partial charge on any atom is 0.293 e. The zero-order chi connectivity index (χ0) is 12.1. The SMILES string of the molecule is COc1ccc(C2(OC=O)CCCCC2)cc1. The summed E-state index contributed by atoms with van der Waals surface area (Å²) in [5, 5.41) is 0. The second-order valence-electron chi connectivity index (χ2n) is 4.50. The van der Waals surface area contributed by atoms with Gasteiger partial charge in [0.25, 0.3) is 6.47 Å². The lowest BCUT2D eigenvalue weighted by molar-refractivity contribution is -0.148. The molecule has 92 valence electrons. The number of hydrogen-bond donors (Lipinski definition) is 0. The molecule has 1 saturated carbocycles. The fraction of sp³-hybridized carbons (Fsp3) is 0.500. The molecule has 1 aliphatic carbocycles. The Balaban J connectivity index is 2.27. The first-order valence-corrected chi connectivity index (χ1v) is 6.07. The molecule has 0 aromatic heterocycles. The number of methoxy groups -OCH3 is 1. The first-order chi connectivity index (χ1) is 8.30. The molecule has 0 radical (unpaired) electrons. The molecule has 0 bridgehead atoms. The molecule has 2 rings (SSSR count). The van der Waals surface area contributed by atoms with E-state index in [1.165, 1.54) is 6.42 Å². The summed E-state index contributed by atoms with van der Waals surface area (Å²) in [6.45, 7) is 0.579. The van der Waals surface area contributed by atoms with Crippen molar-refractivity contribution >= 4 is 6.47 Å². The average molecular weight is 234 g/mol. The van der Waals surface area contributed by atoms with Gasteiger partial charge in [0, 0.05) is 0 Å². The summed E-state index contributed by atoms with van der Waals surface area (Å²) in [4.78, 5) is 10.7. The number of ether oxygens (including phenoxy) is 2. The molecule has 0 aliphatic heterocycles. The molecule has 0 unspecified atom stereocenters. The Hall–Kier alpha value is -1.51. The van der Waals surface area contributed by atoms with Crippen LogP contribution in [0.3, 0.4) is 0 Å². The highest BCUT2D eigenvalue weighted by atomic mass is 16.5. The zero-order valence-electron chi connectivity index (χ0n) is 10.1. The van der Waals surface area contributed by atoms with E-state index in [4.69, 9.17) is 9.47 Å². The van der Waals surface area contributed by atoms with Gasteiger partial charge in [0.2, 0.25) is 0 Å². The van der Waals surface area contributed by atoms with Gasteiger partial charge in [0.15, 0.2) is 0 Å². The van der Waals surface area contributed by atoms with Crippen LogP contribution in [0.15, 0.2) is 24.3 Å². The fourth-order valence-corrected chi connectivity index (χ4v) is 2.58. The van der Waals surface area contributed by atoms with Crippen molar-refractivity contribution in [2.75, 3.05) is 7.11 Å². The number of rotatable bonds is 4. The van der Waals surface area contributed by atoms with E-state index < -0.39 is 5.60 Å². The van der Waals surface area contributed by atoms with Crippen LogP contribution in [0.2, 0.25) is 0 Å². The Bertz CT molecular complexity index is 364. The highest BCUT2D eigenvalue weighted by molar-refractivity contribution is 5.41. The van der Waals surface area contributed by atoms with E-state index in [1.54, 1.807) is 7.11 Å². The highest BCUT2D eigenvalue weighted by Crippen LogP contribution is 2.40. The van der Waals surface area contributed by atoms with Crippen LogP contribution in [0, 0.1) is 0 Å². The standard InChI is InChI=1S/C14H18O3/c1-16-13-7-5-12(6-8-13)14(17-11-15)9-3-2-4-10-14/h5-8,11H,2-4,9-10H2,1H3. The minimum atomic E-state index is -0.410. The molecule has 1 aliphatic rings. The van der Waals surface area contributed by atoms with E-state index in [-0.39, 0.29) is 0 Å². The smallest absolute Gasteiger partial charge is 0.293 e. The van der Waals surface area contributed by atoms with Crippen LogP contribution in [0.5, 0.6) is 5.75 Å². The number of carbonyl (C=O) groups is 1. The lowest BCUT2D eigenvalue weighted by Gasteiger charge is -2.35. The molecule has 3 nitrogen and oxygen atoms in total. The van der Waals surface area contributed by atoms with E-state index in [1.807, 2.05) is 24.3 Å². The van der Waals surface area contributed by atoms with Gasteiger partial charge in [-0.2, -0.15) is 0 Å². The monoisotopic (exact) mass is 234 g/mol. The molecule has 0 heterocycles. The van der Waals surface area contributed by atoms with Gasteiger partial charge >= 0.3 is 0 Å². The van der Waals surface area contributed by atoms with Gasteiger partial charge in [-0.1, -0.05) is 18.6 Å². The van der Waals surface area contributed by atoms with Crippen molar-refractivity contribution in [1.82, 2.24) is 0 Å². The third kappa shape index (κ3) is 2.43. The Morgan fingerprint density at radius 2 is 1.76 bits per heavy atom. The largest absolute Gasteiger partial charge is 0.497 e. The van der Waals surface area contributed by atoms with Gasteiger partial charge < -0.3 is 9.47 Å². The van der Waals surface area contributed by atoms with Gasteiger partial charge in [-0.05, 0) is 43.4 Å². The van der Waals surface area contributed by atoms with E-state index >= 15 is 0 Å². The first kappa shape index (κ1) is 12.0. The Kier molecular flexibility index (Phi) is 3.67. The molecule has 0 N–H and O–H groups in total. The van der Waals surface area contributed by atoms with Gasteiger partial charge in [0.1, 0.15) is 11.4 Å². The van der Waals surface area contributed by atoms with Crippen LogP contribution >= 0.6 is 0 Å². The lowest BCUT2D eigenvalue weighted by Crippen LogP contribution is -2.31. The zero-order valence-corrected chi connectivity index (χ0v) is 10.1. The molecule has 1 aromatic rings. The van der Waals surface area contributed by atoms with Crippen molar-refractivity contribution in [2.24, 2.45) is 0 Å². The summed E-state index contributed by atoms with van der Waals surface area (Å²) in [5.41, 5.74) is 0.664. The second-order valence-corrected chi connectivity index (χ2v) is 4.50. The van der Waals surface area contributed by atoms with Crippen molar-refractivity contribution in [3.63, 3.8) is 0 Å². The minimum Gasteiger partial charge on any atom is -0.497 e. The maximum absolute atomic E-state index is 10.7. The van der Waals surface area contributed by atoms with Gasteiger partial charge in [-0.3, -0.25) is 4.79 Å². The molecule has 1 fully saturated rings. The summed E-state index contributed by atoms with van der Waals surface area (Å²) in [7, 11) is 1.65. The molecule has 17 heavy (non-hydrogen) atoms. The summed E-state index contributed by atoms with van der Waals surface area (Å²) >= 11 is 0. The summed E-state index contributed by atoms with van der Waals surface area (Å²) < 4.78 is 10.5. The Labute approximate surface area is 102 Å². The van der Waals surface area contributed by atoms with Crippen LogP contribution in [0.25, 0.3) is 0 Å². The number of hydrogen-bond acceptors (Lipinski definition) is 3. The van der Waals surface area contributed by atoms with Crippen molar-refractivity contribution in [2.45, 2.75) is 37.7 Å². The van der Waals surface area contributed by atoms with Crippen LogP contribution in [0.1, 0.15) is 37.7 Å². The summed E-state index contributed by atoms with van der Waals surface area (Å²) in [6, 6.07) is 7.82. The topological polar surface area (TPSA) is 35.5 Å². The van der Waals surface area contributed by atoms with Crippen LogP contribution in [-0.4, -0.2) is 13.6 Å². The quantitative estimate of drug-likeness (QED) is 0.751. The third-order valence-corrected chi connectivity index (χ3v) is 3.55. The van der Waals surface area contributed by atoms with Crippen LogP contribution < -0.4 is 4.74 Å². The molecule has 0 saturated heterocycles.